The van der Waals surface area contributed by atoms with E-state index in [1.54, 1.807) is 0 Å². The average Bonchev–Trinajstić information content (AvgIpc) is 2.92. The van der Waals surface area contributed by atoms with E-state index in [1.807, 2.05) is 30.3 Å². The standard InChI is InChI=1S/C20H21N3O/c1-22-10-12-23(13-11-22)16-8-6-15(7-9-16)14-18-17-4-2-3-5-19(17)21-20(18)24/h2-9,14H,10-13H2,1H3,(H,21,24). The van der Waals surface area contributed by atoms with Crippen LogP contribution >= 0.6 is 0 Å². The van der Waals surface area contributed by atoms with E-state index < -0.39 is 0 Å². The number of hydrogen-bond donors (Lipinski definition) is 1. The molecule has 0 bridgehead atoms. The minimum Gasteiger partial charge on any atom is -0.369 e. The SMILES string of the molecule is CN1CCN(c2ccc(C=C3C(=O)Nc4ccccc43)cc2)CC1. The number of nitrogens with one attached hydrogen (secondary N) is 1. The lowest BCUT2D eigenvalue weighted by Gasteiger charge is -2.34. The van der Waals surface area contributed by atoms with Crippen LogP contribution < -0.4 is 10.2 Å². The largest absolute Gasteiger partial charge is 0.369 e. The van der Waals surface area contributed by atoms with E-state index in [0.29, 0.717) is 0 Å². The maximum absolute atomic E-state index is 12.2. The number of likely N-dealkylation sites (N-methyl/N-ethyl adjacent to an activating group) is 1. The molecule has 1 amide bonds. The molecule has 1 N–H and O–H groups in total. The Hall–Kier alpha value is -2.59. The van der Waals surface area contributed by atoms with Crippen LogP contribution in [0.1, 0.15) is 11.1 Å². The van der Waals surface area contributed by atoms with Gasteiger partial charge in [-0.25, -0.2) is 0 Å². The molecule has 122 valence electrons. The third kappa shape index (κ3) is 2.81. The normalized spacial score (nSPS) is 19.5. The van der Waals surface area contributed by atoms with Crippen LogP contribution in [0.2, 0.25) is 0 Å². The van der Waals surface area contributed by atoms with Crippen molar-refractivity contribution in [1.82, 2.24) is 4.90 Å². The van der Waals surface area contributed by atoms with Crippen molar-refractivity contribution in [2.45, 2.75) is 0 Å². The smallest absolute Gasteiger partial charge is 0.256 e. The van der Waals surface area contributed by atoms with Crippen LogP contribution in [-0.2, 0) is 4.79 Å². The van der Waals surface area contributed by atoms with Crippen LogP contribution in [0.5, 0.6) is 0 Å². The Bertz CT molecular complexity index is 787. The van der Waals surface area contributed by atoms with Gasteiger partial charge in [-0.05, 0) is 36.9 Å². The van der Waals surface area contributed by atoms with Gasteiger partial charge < -0.3 is 15.1 Å². The first kappa shape index (κ1) is 15.0. The highest BCUT2D eigenvalue weighted by molar-refractivity contribution is 6.34. The molecule has 4 nitrogen and oxygen atoms in total. The summed E-state index contributed by atoms with van der Waals surface area (Å²) in [6.07, 6.45) is 1.97. The van der Waals surface area contributed by atoms with Gasteiger partial charge in [-0.15, -0.1) is 0 Å². The predicted molar refractivity (Wildman–Crippen MR) is 99.1 cm³/mol. The fourth-order valence-electron chi connectivity index (χ4n) is 3.29. The van der Waals surface area contributed by atoms with Gasteiger partial charge in [-0.1, -0.05) is 30.3 Å². The van der Waals surface area contributed by atoms with Crippen molar-refractivity contribution >= 4 is 28.9 Å². The summed E-state index contributed by atoms with van der Waals surface area (Å²) < 4.78 is 0. The van der Waals surface area contributed by atoms with Crippen molar-refractivity contribution in [1.29, 1.82) is 0 Å². The first-order valence-electron chi connectivity index (χ1n) is 8.37. The lowest BCUT2D eigenvalue weighted by molar-refractivity contribution is -0.110. The quantitative estimate of drug-likeness (QED) is 0.865. The Labute approximate surface area is 142 Å². The number of hydrogen-bond acceptors (Lipinski definition) is 3. The summed E-state index contributed by atoms with van der Waals surface area (Å²) in [4.78, 5) is 17.0. The Morgan fingerprint density at radius 2 is 1.67 bits per heavy atom. The second-order valence-electron chi connectivity index (χ2n) is 6.44. The van der Waals surface area contributed by atoms with Crippen LogP contribution in [0.4, 0.5) is 11.4 Å². The number of carbonyl (C=O) groups is 1. The zero-order chi connectivity index (χ0) is 16.5. The average molecular weight is 319 g/mol. The van der Waals surface area contributed by atoms with Crippen molar-refractivity contribution < 1.29 is 4.79 Å². The van der Waals surface area contributed by atoms with Gasteiger partial charge in [0.2, 0.25) is 0 Å². The van der Waals surface area contributed by atoms with Gasteiger partial charge in [0, 0.05) is 48.7 Å². The molecule has 0 aromatic heterocycles. The lowest BCUT2D eigenvalue weighted by atomic mass is 10.0. The van der Waals surface area contributed by atoms with Crippen molar-refractivity contribution in [2.75, 3.05) is 43.4 Å². The third-order valence-corrected chi connectivity index (χ3v) is 4.78. The Balaban J connectivity index is 1.57. The molecule has 2 aromatic carbocycles. The number of piperazine rings is 1. The summed E-state index contributed by atoms with van der Waals surface area (Å²) in [6.45, 7) is 4.32. The molecule has 0 saturated carbocycles. The number of nitrogens with zero attached hydrogens (tertiary/aromatic N) is 2. The molecule has 0 unspecified atom stereocenters. The number of fused-ring (bicyclic) bond motifs is 1. The summed E-state index contributed by atoms with van der Waals surface area (Å²) in [5.74, 6) is -0.0284. The molecular formula is C20H21N3O. The summed E-state index contributed by atoms with van der Waals surface area (Å²) in [7, 11) is 2.16. The molecule has 1 saturated heterocycles. The van der Waals surface area contributed by atoms with Gasteiger partial charge in [0.05, 0.1) is 0 Å². The van der Waals surface area contributed by atoms with Crippen LogP contribution in [0, 0.1) is 0 Å². The van der Waals surface area contributed by atoms with Gasteiger partial charge in [-0.3, -0.25) is 4.79 Å². The lowest BCUT2D eigenvalue weighted by Crippen LogP contribution is -2.44. The number of anilines is 2. The molecule has 0 atom stereocenters. The minimum absolute atomic E-state index is 0.0284. The maximum atomic E-state index is 12.2. The van der Waals surface area contributed by atoms with Crippen LogP contribution in [0.25, 0.3) is 11.6 Å². The minimum atomic E-state index is -0.0284. The first-order valence-corrected chi connectivity index (χ1v) is 8.37. The van der Waals surface area contributed by atoms with Gasteiger partial charge in [0.1, 0.15) is 0 Å². The third-order valence-electron chi connectivity index (χ3n) is 4.78. The monoisotopic (exact) mass is 319 g/mol. The molecule has 0 radical (unpaired) electrons. The van der Waals surface area contributed by atoms with Gasteiger partial charge in [0.15, 0.2) is 0 Å². The van der Waals surface area contributed by atoms with Gasteiger partial charge in [-0.2, -0.15) is 0 Å². The molecule has 2 heterocycles. The number of carbonyl (C=O) groups excluding carboxylic acids is 1. The molecule has 1 fully saturated rings. The summed E-state index contributed by atoms with van der Waals surface area (Å²) in [5.41, 5.74) is 4.91. The maximum Gasteiger partial charge on any atom is 0.256 e. The highest BCUT2D eigenvalue weighted by Crippen LogP contribution is 2.32. The van der Waals surface area contributed by atoms with Crippen molar-refractivity contribution in [3.8, 4) is 0 Å². The number of amides is 1. The van der Waals surface area contributed by atoms with Crippen LogP contribution in [-0.4, -0.2) is 44.0 Å². The zero-order valence-corrected chi connectivity index (χ0v) is 13.8. The highest BCUT2D eigenvalue weighted by Gasteiger charge is 2.23. The summed E-state index contributed by atoms with van der Waals surface area (Å²) >= 11 is 0. The van der Waals surface area contributed by atoms with Crippen molar-refractivity contribution in [3.05, 3.63) is 59.7 Å². The fourth-order valence-corrected chi connectivity index (χ4v) is 3.29. The first-order chi connectivity index (χ1) is 11.7. The summed E-state index contributed by atoms with van der Waals surface area (Å²) in [5, 5.41) is 2.91. The fraction of sp³-hybridized carbons (Fsp3) is 0.250. The number of rotatable bonds is 2. The predicted octanol–water partition coefficient (Wildman–Crippen LogP) is 2.93. The van der Waals surface area contributed by atoms with E-state index >= 15 is 0 Å². The van der Waals surface area contributed by atoms with E-state index in [1.165, 1.54) is 5.69 Å². The van der Waals surface area contributed by atoms with Crippen LogP contribution in [0.3, 0.4) is 0 Å². The van der Waals surface area contributed by atoms with Crippen molar-refractivity contribution in [2.24, 2.45) is 0 Å². The molecule has 2 aliphatic rings. The molecular weight excluding hydrogens is 298 g/mol. The van der Waals surface area contributed by atoms with E-state index in [4.69, 9.17) is 0 Å². The number of benzene rings is 2. The van der Waals surface area contributed by atoms with Gasteiger partial charge >= 0.3 is 0 Å². The molecule has 0 spiro atoms. The Morgan fingerprint density at radius 1 is 0.958 bits per heavy atom. The van der Waals surface area contributed by atoms with Crippen LogP contribution in [0.15, 0.2) is 48.5 Å². The Kier molecular flexibility index (Phi) is 3.82. The second kappa shape index (κ2) is 6.13. The summed E-state index contributed by atoms with van der Waals surface area (Å²) in [6, 6.07) is 16.3. The molecule has 0 aliphatic carbocycles. The van der Waals surface area contributed by atoms with E-state index in [2.05, 4.69) is 46.4 Å². The second-order valence-corrected chi connectivity index (χ2v) is 6.44. The zero-order valence-electron chi connectivity index (χ0n) is 13.8. The van der Waals surface area contributed by atoms with Crippen molar-refractivity contribution in [3.63, 3.8) is 0 Å². The molecule has 4 rings (SSSR count). The van der Waals surface area contributed by atoms with E-state index in [-0.39, 0.29) is 5.91 Å². The molecule has 4 heteroatoms. The Morgan fingerprint density at radius 3 is 2.42 bits per heavy atom. The van der Waals surface area contributed by atoms with E-state index in [0.717, 1.165) is 48.6 Å². The van der Waals surface area contributed by atoms with E-state index in [9.17, 15) is 4.79 Å². The topological polar surface area (TPSA) is 35.6 Å². The highest BCUT2D eigenvalue weighted by atomic mass is 16.2. The molecule has 2 aromatic rings. The molecule has 24 heavy (non-hydrogen) atoms. The molecule has 2 aliphatic heterocycles. The van der Waals surface area contributed by atoms with Gasteiger partial charge in [0.25, 0.3) is 5.91 Å². The number of para-hydroxylation sites is 1.